The number of alkyl halides is 5. The fourth-order valence-corrected chi connectivity index (χ4v) is 2.40. The van der Waals surface area contributed by atoms with Crippen LogP contribution < -0.4 is 10.6 Å². The van der Waals surface area contributed by atoms with Gasteiger partial charge in [-0.25, -0.2) is 4.79 Å². The number of nitrogens with one attached hydrogen (secondary N) is 2. The van der Waals surface area contributed by atoms with E-state index in [9.17, 15) is 31.5 Å². The quantitative estimate of drug-likeness (QED) is 0.633. The zero-order valence-electron chi connectivity index (χ0n) is 14.1. The second-order valence-electron chi connectivity index (χ2n) is 5.79. The van der Waals surface area contributed by atoms with Crippen LogP contribution in [0.4, 0.5) is 32.4 Å². The molecule has 150 valence electrons. The van der Waals surface area contributed by atoms with Gasteiger partial charge in [0.2, 0.25) is 0 Å². The molecule has 0 saturated carbocycles. The fourth-order valence-electron chi connectivity index (χ4n) is 2.18. The molecule has 0 atom stereocenters. The minimum absolute atomic E-state index is 0.0975. The summed E-state index contributed by atoms with van der Waals surface area (Å²) in [7, 11) is 0. The van der Waals surface area contributed by atoms with Crippen LogP contribution in [0.15, 0.2) is 48.5 Å². The summed E-state index contributed by atoms with van der Waals surface area (Å²) in [6, 6.07) is 10.5. The number of rotatable bonds is 5. The molecule has 2 rings (SSSR count). The molecule has 0 aliphatic carbocycles. The maximum absolute atomic E-state index is 12.9. The number of hydrogen-bond donors (Lipinski definition) is 2. The Morgan fingerprint density at radius 2 is 1.54 bits per heavy atom. The summed E-state index contributed by atoms with van der Waals surface area (Å²) in [6.45, 7) is 0. The minimum atomic E-state index is -5.60. The maximum Gasteiger partial charge on any atom is 0.453 e. The zero-order chi connectivity index (χ0) is 20.9. The lowest BCUT2D eigenvalue weighted by Crippen LogP contribution is -2.36. The molecule has 3 amide bonds. The molecule has 0 unspecified atom stereocenters. The van der Waals surface area contributed by atoms with Gasteiger partial charge in [-0.1, -0.05) is 35.9 Å². The van der Waals surface area contributed by atoms with Gasteiger partial charge in [-0.05, 0) is 36.2 Å². The standard InChI is InChI=1S/C18H14ClF5N2O2/c19-14-4-2-1-3-13(14)15(27)26-16(28)25-12-7-5-11(6-8-12)9-10-17(20,21)18(22,23)24/h1-8H,9-10H2,(H2,25,26,27,28). The van der Waals surface area contributed by atoms with E-state index < -0.39 is 36.9 Å². The number of halogens is 6. The summed E-state index contributed by atoms with van der Waals surface area (Å²) in [5, 5.41) is 4.57. The lowest BCUT2D eigenvalue weighted by molar-refractivity contribution is -0.284. The van der Waals surface area contributed by atoms with Gasteiger partial charge in [0, 0.05) is 12.1 Å². The first-order valence-electron chi connectivity index (χ1n) is 7.90. The van der Waals surface area contributed by atoms with Gasteiger partial charge in [-0.2, -0.15) is 22.0 Å². The first kappa shape index (κ1) is 21.6. The SMILES string of the molecule is O=C(NC(=O)c1ccccc1Cl)Nc1ccc(CCC(F)(F)C(F)(F)F)cc1. The van der Waals surface area contributed by atoms with E-state index >= 15 is 0 Å². The maximum atomic E-state index is 12.9. The van der Waals surface area contributed by atoms with Crippen molar-refractivity contribution in [2.45, 2.75) is 24.9 Å². The third-order valence-electron chi connectivity index (χ3n) is 3.70. The van der Waals surface area contributed by atoms with Crippen LogP contribution in [0.1, 0.15) is 22.3 Å². The number of carbonyl (C=O) groups excluding carboxylic acids is 2. The predicted octanol–water partition coefficient (Wildman–Crippen LogP) is 5.43. The monoisotopic (exact) mass is 420 g/mol. The lowest BCUT2D eigenvalue weighted by atomic mass is 10.1. The Hall–Kier alpha value is -2.68. The average Bonchev–Trinajstić information content (AvgIpc) is 2.60. The predicted molar refractivity (Wildman–Crippen MR) is 93.7 cm³/mol. The van der Waals surface area contributed by atoms with Gasteiger partial charge in [0.1, 0.15) is 0 Å². The molecule has 0 radical (unpaired) electrons. The molecule has 10 heteroatoms. The summed E-state index contributed by atoms with van der Waals surface area (Å²) in [5.41, 5.74) is 0.554. The van der Waals surface area contributed by atoms with Crippen molar-refractivity contribution < 1.29 is 31.5 Å². The summed E-state index contributed by atoms with van der Waals surface area (Å²) in [5.74, 6) is -5.50. The first-order chi connectivity index (χ1) is 13.0. The molecular weight excluding hydrogens is 407 g/mol. The zero-order valence-corrected chi connectivity index (χ0v) is 14.9. The van der Waals surface area contributed by atoms with E-state index in [2.05, 4.69) is 10.6 Å². The van der Waals surface area contributed by atoms with E-state index in [-0.39, 0.29) is 21.8 Å². The van der Waals surface area contributed by atoms with Crippen molar-refractivity contribution in [3.63, 3.8) is 0 Å². The van der Waals surface area contributed by atoms with Crippen molar-refractivity contribution in [2.24, 2.45) is 0 Å². The van der Waals surface area contributed by atoms with Gasteiger partial charge < -0.3 is 5.32 Å². The highest BCUT2D eigenvalue weighted by molar-refractivity contribution is 6.34. The van der Waals surface area contributed by atoms with Crippen LogP contribution in [0.2, 0.25) is 5.02 Å². The van der Waals surface area contributed by atoms with Gasteiger partial charge in [-0.15, -0.1) is 0 Å². The summed E-state index contributed by atoms with van der Waals surface area (Å²) in [6.07, 6.45) is -7.47. The van der Waals surface area contributed by atoms with Crippen molar-refractivity contribution in [1.82, 2.24) is 5.32 Å². The molecule has 0 fully saturated rings. The average molecular weight is 421 g/mol. The highest BCUT2D eigenvalue weighted by Gasteiger charge is 2.56. The van der Waals surface area contributed by atoms with Crippen LogP contribution in [-0.4, -0.2) is 24.0 Å². The van der Waals surface area contributed by atoms with Crippen molar-refractivity contribution in [3.05, 3.63) is 64.7 Å². The van der Waals surface area contributed by atoms with Crippen molar-refractivity contribution in [2.75, 3.05) is 5.32 Å². The molecule has 4 nitrogen and oxygen atoms in total. The van der Waals surface area contributed by atoms with Crippen molar-refractivity contribution in [3.8, 4) is 0 Å². The second kappa shape index (κ2) is 8.55. The topological polar surface area (TPSA) is 58.2 Å². The van der Waals surface area contributed by atoms with E-state index in [4.69, 9.17) is 11.6 Å². The van der Waals surface area contributed by atoms with Crippen LogP contribution in [0.5, 0.6) is 0 Å². The molecule has 0 bridgehead atoms. The van der Waals surface area contributed by atoms with Gasteiger partial charge in [-0.3, -0.25) is 10.1 Å². The summed E-state index contributed by atoms with van der Waals surface area (Å²) in [4.78, 5) is 23.8. The number of urea groups is 1. The Morgan fingerprint density at radius 3 is 2.11 bits per heavy atom. The Morgan fingerprint density at radius 1 is 0.929 bits per heavy atom. The van der Waals surface area contributed by atoms with Crippen LogP contribution >= 0.6 is 11.6 Å². The molecule has 2 N–H and O–H groups in total. The normalized spacial score (nSPS) is 11.8. The number of aryl methyl sites for hydroxylation is 1. The Balaban J connectivity index is 1.91. The third-order valence-corrected chi connectivity index (χ3v) is 4.03. The van der Waals surface area contributed by atoms with Gasteiger partial charge in [0.25, 0.3) is 5.91 Å². The molecule has 0 aliphatic heterocycles. The number of hydrogen-bond acceptors (Lipinski definition) is 2. The number of imide groups is 1. The Labute approximate surface area is 161 Å². The largest absolute Gasteiger partial charge is 0.453 e. The van der Waals surface area contributed by atoms with Crippen molar-refractivity contribution >= 4 is 29.2 Å². The Bertz CT molecular complexity index is 854. The molecule has 0 spiro atoms. The lowest BCUT2D eigenvalue weighted by Gasteiger charge is -2.19. The highest BCUT2D eigenvalue weighted by Crippen LogP contribution is 2.38. The molecule has 0 heterocycles. The molecule has 0 aliphatic rings. The summed E-state index contributed by atoms with van der Waals surface area (Å²) >= 11 is 5.85. The number of benzene rings is 2. The van der Waals surface area contributed by atoms with Crippen LogP contribution in [0.3, 0.4) is 0 Å². The van der Waals surface area contributed by atoms with Gasteiger partial charge >= 0.3 is 18.1 Å². The van der Waals surface area contributed by atoms with Crippen LogP contribution in [-0.2, 0) is 6.42 Å². The molecule has 0 aromatic heterocycles. The van der Waals surface area contributed by atoms with E-state index in [1.807, 2.05) is 0 Å². The smallest absolute Gasteiger partial charge is 0.308 e. The van der Waals surface area contributed by atoms with Gasteiger partial charge in [0.15, 0.2) is 0 Å². The van der Waals surface area contributed by atoms with E-state index in [1.54, 1.807) is 12.1 Å². The number of amides is 3. The summed E-state index contributed by atoms with van der Waals surface area (Å²) < 4.78 is 62.3. The highest BCUT2D eigenvalue weighted by atomic mass is 35.5. The van der Waals surface area contributed by atoms with E-state index in [1.165, 1.54) is 36.4 Å². The molecule has 0 saturated heterocycles. The van der Waals surface area contributed by atoms with E-state index in [0.717, 1.165) is 0 Å². The molecule has 2 aromatic carbocycles. The van der Waals surface area contributed by atoms with Crippen LogP contribution in [0, 0.1) is 0 Å². The number of carbonyl (C=O) groups is 2. The molecule has 2 aromatic rings. The Kier molecular flexibility index (Phi) is 6.60. The number of anilines is 1. The molecule has 28 heavy (non-hydrogen) atoms. The minimum Gasteiger partial charge on any atom is -0.308 e. The molecular formula is C18H14ClF5N2O2. The van der Waals surface area contributed by atoms with E-state index in [0.29, 0.717) is 0 Å². The van der Waals surface area contributed by atoms with Gasteiger partial charge in [0.05, 0.1) is 10.6 Å². The third kappa shape index (κ3) is 5.66. The fraction of sp³-hybridized carbons (Fsp3) is 0.222. The second-order valence-corrected chi connectivity index (χ2v) is 6.19. The van der Waals surface area contributed by atoms with Crippen molar-refractivity contribution in [1.29, 1.82) is 0 Å². The van der Waals surface area contributed by atoms with Crippen LogP contribution in [0.25, 0.3) is 0 Å². The first-order valence-corrected chi connectivity index (χ1v) is 8.28.